The Morgan fingerprint density at radius 1 is 0.968 bits per heavy atom. The molecule has 3 rings (SSSR count). The normalized spacial score (nSPS) is 11.3. The Morgan fingerprint density at radius 2 is 1.58 bits per heavy atom. The van der Waals surface area contributed by atoms with Crippen molar-refractivity contribution >= 4 is 33.4 Å². The van der Waals surface area contributed by atoms with Crippen molar-refractivity contribution < 1.29 is 18.3 Å². The Kier molecular flexibility index (Phi) is 7.08. The minimum Gasteiger partial charge on any atom is -0.478 e. The molecule has 0 amide bonds. The number of sulfonamides is 1. The Bertz CT molecular complexity index is 1190. The van der Waals surface area contributed by atoms with Crippen LogP contribution in [0.4, 0.5) is 5.69 Å². The first-order valence-electron chi connectivity index (χ1n) is 9.87. The van der Waals surface area contributed by atoms with Gasteiger partial charge in [0.2, 0.25) is 0 Å². The fraction of sp³-hybridized carbons (Fsp3) is 0.208. The number of aryl methyl sites for hydroxylation is 2. The predicted molar refractivity (Wildman–Crippen MR) is 126 cm³/mol. The summed E-state index contributed by atoms with van der Waals surface area (Å²) in [6.07, 6.45) is 1.02. The number of hydrogen-bond donors (Lipinski definition) is 2. The summed E-state index contributed by atoms with van der Waals surface area (Å²) in [5.74, 6) is -0.321. The van der Waals surface area contributed by atoms with Crippen molar-refractivity contribution in [1.29, 1.82) is 0 Å². The quantitative estimate of drug-likeness (QED) is 0.428. The first kappa shape index (κ1) is 22.9. The maximum atomic E-state index is 12.8. The highest BCUT2D eigenvalue weighted by Crippen LogP contribution is 2.26. The fourth-order valence-electron chi connectivity index (χ4n) is 3.07. The number of carboxylic acids is 1. The van der Waals surface area contributed by atoms with Crippen LogP contribution in [0.1, 0.15) is 39.5 Å². The Balaban J connectivity index is 1.70. The zero-order chi connectivity index (χ0) is 22.6. The number of carboxylic acid groups (broad SMARTS) is 1. The van der Waals surface area contributed by atoms with E-state index in [9.17, 15) is 18.3 Å². The number of aromatic carboxylic acids is 1. The molecule has 0 heterocycles. The average Bonchev–Trinajstić information content (AvgIpc) is 2.75. The van der Waals surface area contributed by atoms with E-state index in [0.29, 0.717) is 16.8 Å². The predicted octanol–water partition coefficient (Wildman–Crippen LogP) is 5.66. The van der Waals surface area contributed by atoms with Crippen LogP contribution in [0.5, 0.6) is 0 Å². The smallest absolute Gasteiger partial charge is 0.336 e. The van der Waals surface area contributed by atoms with Gasteiger partial charge >= 0.3 is 5.97 Å². The van der Waals surface area contributed by atoms with Gasteiger partial charge in [0.1, 0.15) is 0 Å². The van der Waals surface area contributed by atoms with Gasteiger partial charge in [-0.25, -0.2) is 13.2 Å². The van der Waals surface area contributed by atoms with E-state index in [-0.39, 0.29) is 10.5 Å². The molecule has 31 heavy (non-hydrogen) atoms. The minimum absolute atomic E-state index is 0.0147. The Hall–Kier alpha value is -2.77. The van der Waals surface area contributed by atoms with Crippen molar-refractivity contribution in [2.75, 3.05) is 4.72 Å². The molecule has 3 aromatic rings. The third-order valence-corrected chi connectivity index (χ3v) is 7.57. The molecule has 0 bridgehead atoms. The maximum Gasteiger partial charge on any atom is 0.336 e. The van der Waals surface area contributed by atoms with Gasteiger partial charge in [-0.15, -0.1) is 11.8 Å². The van der Waals surface area contributed by atoms with E-state index in [4.69, 9.17) is 0 Å². The third kappa shape index (κ3) is 5.68. The van der Waals surface area contributed by atoms with Crippen LogP contribution in [0.25, 0.3) is 0 Å². The molecule has 0 aromatic heterocycles. The molecule has 0 aliphatic heterocycles. The van der Waals surface area contributed by atoms with Gasteiger partial charge in [-0.05, 0) is 78.9 Å². The lowest BCUT2D eigenvalue weighted by Crippen LogP contribution is -2.15. The molecule has 3 aromatic carbocycles. The molecule has 0 fully saturated rings. The van der Waals surface area contributed by atoms with Gasteiger partial charge in [0.25, 0.3) is 10.0 Å². The Morgan fingerprint density at radius 3 is 2.16 bits per heavy atom. The summed E-state index contributed by atoms with van der Waals surface area (Å²) in [4.78, 5) is 12.4. The van der Waals surface area contributed by atoms with E-state index in [1.54, 1.807) is 37.7 Å². The first-order valence-corrected chi connectivity index (χ1v) is 12.3. The number of anilines is 1. The van der Waals surface area contributed by atoms with Crippen molar-refractivity contribution in [3.63, 3.8) is 0 Å². The van der Waals surface area contributed by atoms with Gasteiger partial charge in [-0.3, -0.25) is 4.72 Å². The van der Waals surface area contributed by atoms with Gasteiger partial charge in [0, 0.05) is 16.3 Å². The molecule has 0 unspecified atom stereocenters. The van der Waals surface area contributed by atoms with Crippen LogP contribution in [0.3, 0.4) is 0 Å². The van der Waals surface area contributed by atoms with Gasteiger partial charge in [0.15, 0.2) is 0 Å². The van der Waals surface area contributed by atoms with Crippen LogP contribution in [0, 0.1) is 13.8 Å². The average molecular weight is 456 g/mol. The number of thioether (sulfide) groups is 1. The summed E-state index contributed by atoms with van der Waals surface area (Å²) in [6.45, 7) is 5.49. The van der Waals surface area contributed by atoms with Crippen LogP contribution in [0.2, 0.25) is 0 Å². The van der Waals surface area contributed by atoms with Crippen molar-refractivity contribution in [2.45, 2.75) is 42.7 Å². The monoisotopic (exact) mass is 455 g/mol. The van der Waals surface area contributed by atoms with Crippen molar-refractivity contribution in [3.8, 4) is 0 Å². The van der Waals surface area contributed by atoms with E-state index in [1.165, 1.54) is 23.3 Å². The lowest BCUT2D eigenvalue weighted by atomic mass is 10.0. The summed E-state index contributed by atoms with van der Waals surface area (Å²) in [6, 6.07) is 18.4. The van der Waals surface area contributed by atoms with E-state index < -0.39 is 16.0 Å². The molecule has 0 atom stereocenters. The number of rotatable bonds is 8. The topological polar surface area (TPSA) is 83.5 Å². The van der Waals surface area contributed by atoms with Crippen LogP contribution in [-0.4, -0.2) is 19.5 Å². The highest BCUT2D eigenvalue weighted by molar-refractivity contribution is 7.98. The molecule has 5 nitrogen and oxygen atoms in total. The summed E-state index contributed by atoms with van der Waals surface area (Å²) in [7, 11) is -3.90. The van der Waals surface area contributed by atoms with Crippen LogP contribution in [0.15, 0.2) is 70.5 Å². The van der Waals surface area contributed by atoms with Crippen molar-refractivity contribution in [3.05, 3.63) is 88.5 Å². The molecular weight excluding hydrogens is 430 g/mol. The maximum absolute atomic E-state index is 12.8. The van der Waals surface area contributed by atoms with Gasteiger partial charge < -0.3 is 5.11 Å². The lowest BCUT2D eigenvalue weighted by molar-refractivity contribution is 0.0695. The Labute approximate surface area is 187 Å². The molecule has 0 aliphatic rings. The van der Waals surface area contributed by atoms with Crippen molar-refractivity contribution in [1.82, 2.24) is 0 Å². The molecule has 2 N–H and O–H groups in total. The molecule has 0 saturated carbocycles. The number of hydrogen-bond acceptors (Lipinski definition) is 4. The lowest BCUT2D eigenvalue weighted by Gasteiger charge is -2.12. The number of nitrogens with one attached hydrogen (secondary N) is 1. The van der Waals surface area contributed by atoms with E-state index in [2.05, 4.69) is 35.9 Å². The zero-order valence-electron chi connectivity index (χ0n) is 17.7. The van der Waals surface area contributed by atoms with Crippen LogP contribution >= 0.6 is 11.8 Å². The highest BCUT2D eigenvalue weighted by Gasteiger charge is 2.19. The number of benzene rings is 3. The first-order chi connectivity index (χ1) is 14.7. The second-order valence-electron chi connectivity index (χ2n) is 7.31. The second-order valence-corrected chi connectivity index (χ2v) is 10.0. The minimum atomic E-state index is -3.90. The number of carbonyl (C=O) groups is 1. The standard InChI is InChI=1S/C24H25NO4S2/c1-4-18-5-7-19(8-6-18)15-30-21-11-9-20(10-12-21)25-31(28,29)22-13-16(2)17(3)23(14-22)24(26)27/h5-14,25H,4,15H2,1-3H3,(H,26,27). The third-order valence-electron chi connectivity index (χ3n) is 5.12. The van der Waals surface area contributed by atoms with Gasteiger partial charge in [0.05, 0.1) is 10.5 Å². The summed E-state index contributed by atoms with van der Waals surface area (Å²) in [5, 5.41) is 9.34. The van der Waals surface area contributed by atoms with E-state index in [1.807, 2.05) is 12.1 Å². The second kappa shape index (κ2) is 9.58. The fourth-order valence-corrected chi connectivity index (χ4v) is 5.10. The van der Waals surface area contributed by atoms with E-state index >= 15 is 0 Å². The van der Waals surface area contributed by atoms with Crippen molar-refractivity contribution in [2.24, 2.45) is 0 Å². The molecule has 0 spiro atoms. The van der Waals surface area contributed by atoms with Crippen LogP contribution in [-0.2, 0) is 22.2 Å². The van der Waals surface area contributed by atoms with E-state index in [0.717, 1.165) is 17.1 Å². The SMILES string of the molecule is CCc1ccc(CSc2ccc(NS(=O)(=O)c3cc(C)c(C)c(C(=O)O)c3)cc2)cc1. The summed E-state index contributed by atoms with van der Waals surface area (Å²) < 4.78 is 28.1. The molecule has 0 radical (unpaired) electrons. The van der Waals surface area contributed by atoms with Crippen LogP contribution < -0.4 is 4.72 Å². The molecule has 7 heteroatoms. The van der Waals surface area contributed by atoms with Gasteiger partial charge in [-0.1, -0.05) is 31.2 Å². The zero-order valence-corrected chi connectivity index (χ0v) is 19.3. The molecule has 0 saturated heterocycles. The van der Waals surface area contributed by atoms with Gasteiger partial charge in [-0.2, -0.15) is 0 Å². The molecule has 0 aliphatic carbocycles. The summed E-state index contributed by atoms with van der Waals surface area (Å²) >= 11 is 1.68. The largest absolute Gasteiger partial charge is 0.478 e. The summed E-state index contributed by atoms with van der Waals surface area (Å²) in [5.41, 5.74) is 4.11. The molecule has 162 valence electrons. The highest BCUT2D eigenvalue weighted by atomic mass is 32.2. The molecular formula is C24H25NO4S2.